The molecule has 0 bridgehead atoms. The van der Waals surface area contributed by atoms with Gasteiger partial charge in [-0.1, -0.05) is 24.6 Å². The minimum Gasteiger partial charge on any atom is -0.467 e. The quantitative estimate of drug-likeness (QED) is 0.0916. The molecule has 6 N–H and O–H groups in total. The number of ketones is 1. The molecule has 0 spiro atoms. The first-order chi connectivity index (χ1) is 23.7. The molecule has 50 heavy (non-hydrogen) atoms. The number of halogens is 1. The number of aromatic amines is 1. The Bertz CT molecular complexity index is 2140. The lowest BCUT2D eigenvalue weighted by atomic mass is 9.98. The van der Waals surface area contributed by atoms with Gasteiger partial charge >= 0.3 is 5.97 Å². The number of benzene rings is 2. The van der Waals surface area contributed by atoms with Crippen LogP contribution < -0.4 is 21.1 Å². The summed E-state index contributed by atoms with van der Waals surface area (Å²) in [5.74, 6) is -1.45. The molecule has 0 fully saturated rings. The number of anilines is 2. The van der Waals surface area contributed by atoms with E-state index in [4.69, 9.17) is 25.9 Å². The summed E-state index contributed by atoms with van der Waals surface area (Å²) in [7, 11) is -4.30. The number of furan rings is 1. The number of carbonyl (C=O) groups excluding carboxylic acids is 4. The number of sulfonamides is 1. The highest BCUT2D eigenvalue weighted by atomic mass is 35.5. The number of aryl methyl sites for hydroxylation is 1. The number of esters is 1. The van der Waals surface area contributed by atoms with Gasteiger partial charge in [0.15, 0.2) is 11.9 Å². The molecule has 2 aromatic heterocycles. The zero-order valence-corrected chi connectivity index (χ0v) is 29.3. The van der Waals surface area contributed by atoms with Gasteiger partial charge < -0.3 is 30.1 Å². The van der Waals surface area contributed by atoms with E-state index in [2.05, 4.69) is 20.9 Å². The van der Waals surface area contributed by atoms with Crippen molar-refractivity contribution in [2.24, 2.45) is 5.14 Å². The summed E-state index contributed by atoms with van der Waals surface area (Å²) in [5, 5.41) is 13.8. The molecule has 1 unspecified atom stereocenters. The zero-order chi connectivity index (χ0) is 36.3. The Hall–Kier alpha value is -5.18. The molecule has 0 radical (unpaired) electrons. The van der Waals surface area contributed by atoms with Crippen molar-refractivity contribution in [1.29, 1.82) is 0 Å². The Labute approximate surface area is 293 Å². The van der Waals surface area contributed by atoms with Gasteiger partial charge in [-0.3, -0.25) is 14.4 Å². The second kappa shape index (κ2) is 14.7. The van der Waals surface area contributed by atoms with Crippen LogP contribution in [0.15, 0.2) is 58.0 Å². The number of hydrogen-bond donors (Lipinski definition) is 5. The second-order valence-electron chi connectivity index (χ2n) is 11.8. The monoisotopic (exact) mass is 721 g/mol. The van der Waals surface area contributed by atoms with Crippen molar-refractivity contribution in [2.75, 3.05) is 17.2 Å². The van der Waals surface area contributed by atoms with Crippen LogP contribution in [0, 0.1) is 13.8 Å². The predicted octanol–water partition coefficient (Wildman–Crippen LogP) is 5.13. The number of amides is 2. The van der Waals surface area contributed by atoms with Crippen LogP contribution in [0.2, 0.25) is 5.02 Å². The van der Waals surface area contributed by atoms with Crippen LogP contribution in [-0.2, 0) is 37.3 Å². The van der Waals surface area contributed by atoms with Gasteiger partial charge in [-0.25, -0.2) is 18.4 Å². The molecule has 1 aliphatic heterocycles. The number of aromatic nitrogens is 1. The van der Waals surface area contributed by atoms with Crippen LogP contribution >= 0.6 is 11.6 Å². The van der Waals surface area contributed by atoms with Crippen molar-refractivity contribution in [2.45, 2.75) is 58.1 Å². The van der Waals surface area contributed by atoms with E-state index in [0.29, 0.717) is 57.2 Å². The van der Waals surface area contributed by atoms with Crippen LogP contribution in [-0.4, -0.2) is 49.6 Å². The molecule has 0 saturated heterocycles. The van der Waals surface area contributed by atoms with Crippen LogP contribution in [0.4, 0.5) is 11.4 Å². The summed E-state index contributed by atoms with van der Waals surface area (Å²) < 4.78 is 35.1. The van der Waals surface area contributed by atoms with E-state index in [-0.39, 0.29) is 41.1 Å². The Balaban J connectivity index is 1.34. The van der Waals surface area contributed by atoms with Gasteiger partial charge in [0.2, 0.25) is 10.0 Å². The summed E-state index contributed by atoms with van der Waals surface area (Å²) in [5.41, 5.74) is 4.46. The lowest BCUT2D eigenvalue weighted by Crippen LogP contribution is -2.26. The Kier molecular flexibility index (Phi) is 10.6. The van der Waals surface area contributed by atoms with E-state index in [9.17, 15) is 27.6 Å². The van der Waals surface area contributed by atoms with Crippen LogP contribution in [0.1, 0.15) is 74.8 Å². The summed E-state index contributed by atoms with van der Waals surface area (Å²) in [4.78, 5) is 55.1. The van der Waals surface area contributed by atoms with E-state index in [1.165, 1.54) is 19.3 Å². The molecule has 15 heteroatoms. The number of primary sulfonamides is 1. The molecule has 3 heterocycles. The molecule has 5 rings (SSSR count). The minimum absolute atomic E-state index is 0.136. The third-order valence-electron chi connectivity index (χ3n) is 8.14. The topological polar surface area (TPSA) is 203 Å². The number of rotatable bonds is 13. The number of hydrogen-bond acceptors (Lipinski definition) is 9. The first-order valence-electron chi connectivity index (χ1n) is 15.7. The summed E-state index contributed by atoms with van der Waals surface area (Å²) in [6.45, 7) is 7.64. The molecule has 0 saturated carbocycles. The molecule has 1 aliphatic rings. The van der Waals surface area contributed by atoms with Crippen molar-refractivity contribution in [3.05, 3.63) is 98.7 Å². The van der Waals surface area contributed by atoms with E-state index in [1.807, 2.05) is 6.92 Å². The van der Waals surface area contributed by atoms with Gasteiger partial charge in [-0.15, -0.1) is 0 Å². The minimum atomic E-state index is -4.30. The second-order valence-corrected chi connectivity index (χ2v) is 13.7. The highest BCUT2D eigenvalue weighted by Gasteiger charge is 2.28. The van der Waals surface area contributed by atoms with Gasteiger partial charge in [0.25, 0.3) is 11.8 Å². The Morgan fingerprint density at radius 1 is 1.14 bits per heavy atom. The molecule has 2 amide bonds. The average molecular weight is 722 g/mol. The molecular formula is C35H36ClN5O8S. The molecule has 2 aromatic carbocycles. The number of nitrogens with one attached hydrogen (secondary N) is 4. The van der Waals surface area contributed by atoms with Gasteiger partial charge in [-0.2, -0.15) is 0 Å². The molecular weight excluding hydrogens is 686 g/mol. The van der Waals surface area contributed by atoms with E-state index in [0.717, 1.165) is 12.5 Å². The van der Waals surface area contributed by atoms with Crippen LogP contribution in [0.5, 0.6) is 0 Å². The fourth-order valence-corrected chi connectivity index (χ4v) is 6.63. The van der Waals surface area contributed by atoms with Gasteiger partial charge in [0, 0.05) is 35.6 Å². The first kappa shape index (κ1) is 36.1. The van der Waals surface area contributed by atoms with Gasteiger partial charge in [0.1, 0.15) is 10.7 Å². The van der Waals surface area contributed by atoms with E-state index < -0.39 is 32.8 Å². The highest BCUT2D eigenvalue weighted by molar-refractivity contribution is 7.89. The normalized spacial score (nSPS) is 13.9. The number of H-pyrrole nitrogens is 1. The van der Waals surface area contributed by atoms with Crippen molar-refractivity contribution < 1.29 is 36.7 Å². The average Bonchev–Trinajstić information content (AvgIpc) is 3.76. The molecule has 262 valence electrons. The third-order valence-corrected chi connectivity index (χ3v) is 9.52. The fraction of sp³-hybridized carbons (Fsp3) is 0.257. The highest BCUT2D eigenvalue weighted by Crippen LogP contribution is 2.35. The fourth-order valence-electron chi connectivity index (χ4n) is 5.54. The van der Waals surface area contributed by atoms with Crippen molar-refractivity contribution in [3.8, 4) is 0 Å². The van der Waals surface area contributed by atoms with Crippen LogP contribution in [0.25, 0.3) is 11.6 Å². The smallest absolute Gasteiger partial charge is 0.340 e. The predicted molar refractivity (Wildman–Crippen MR) is 188 cm³/mol. The number of Topliss-reactive ketones (excluding diaryl/α,β-unsaturated/α-hetero) is 1. The van der Waals surface area contributed by atoms with Crippen molar-refractivity contribution in [3.63, 3.8) is 0 Å². The van der Waals surface area contributed by atoms with E-state index >= 15 is 0 Å². The zero-order valence-electron chi connectivity index (χ0n) is 27.7. The first-order valence-corrected chi connectivity index (χ1v) is 17.6. The molecule has 13 nitrogen and oxygen atoms in total. The largest absolute Gasteiger partial charge is 0.467 e. The summed E-state index contributed by atoms with van der Waals surface area (Å²) in [6.07, 6.45) is 2.56. The SMILES string of the molecule is CCCNC(=O)c1c(C)[nH]c(/C=C2\C(=O)Nc3ccc(CC(=O)C(C)OC(=O)c4cc(S(N)(=O)=O)c(Cl)cc4NCc4ccco4)cc32)c1C. The maximum Gasteiger partial charge on any atom is 0.340 e. The van der Waals surface area contributed by atoms with Crippen LogP contribution in [0.3, 0.4) is 0 Å². The standard InChI is InChI=1S/C35H36ClN5O8S/c1-5-10-38-34(44)32-18(2)28(40-19(32)3)14-24-23-12-21(8-9-27(23)41-33(24)43)13-30(42)20(4)49-35(45)25-15-31(50(37,46)47)26(36)16-29(25)39-17-22-7-6-11-48-22/h6-9,11-12,14-16,20,39-40H,5,10,13,17H2,1-4H3,(H,38,44)(H,41,43)(H2,37,46,47)/b24-14-. The molecule has 0 aliphatic carbocycles. The number of nitrogens with two attached hydrogens (primary N) is 1. The van der Waals surface area contributed by atoms with Crippen molar-refractivity contribution >= 4 is 68.2 Å². The lowest BCUT2D eigenvalue weighted by molar-refractivity contribution is -0.126. The number of fused-ring (bicyclic) bond motifs is 1. The summed E-state index contributed by atoms with van der Waals surface area (Å²) in [6, 6.07) is 10.7. The van der Waals surface area contributed by atoms with E-state index in [1.54, 1.807) is 50.3 Å². The molecule has 4 aromatic rings. The molecule has 1 atom stereocenters. The number of ether oxygens (including phenoxy) is 1. The summed E-state index contributed by atoms with van der Waals surface area (Å²) >= 11 is 6.17. The maximum absolute atomic E-state index is 13.3. The Morgan fingerprint density at radius 3 is 2.58 bits per heavy atom. The third kappa shape index (κ3) is 7.83. The Morgan fingerprint density at radius 2 is 1.90 bits per heavy atom. The van der Waals surface area contributed by atoms with Crippen molar-refractivity contribution in [1.82, 2.24) is 10.3 Å². The van der Waals surface area contributed by atoms with Gasteiger partial charge in [-0.05, 0) is 80.8 Å². The van der Waals surface area contributed by atoms with Gasteiger partial charge in [0.05, 0.1) is 40.2 Å². The number of carbonyl (C=O) groups is 4. The lowest BCUT2D eigenvalue weighted by Gasteiger charge is -2.17. The maximum atomic E-state index is 13.3.